The van der Waals surface area contributed by atoms with E-state index in [2.05, 4.69) is 10.1 Å². The molecule has 3 rings (SSSR count). The molecule has 1 aliphatic rings. The van der Waals surface area contributed by atoms with Gasteiger partial charge in [0.15, 0.2) is 0 Å². The number of hydrogen-bond donors (Lipinski definition) is 2. The average Bonchev–Trinajstić information content (AvgIpc) is 2.52. The van der Waals surface area contributed by atoms with E-state index < -0.39 is 22.1 Å². The van der Waals surface area contributed by atoms with Crippen LogP contribution in [0.5, 0.6) is 0 Å². The number of anilines is 1. The zero-order chi connectivity index (χ0) is 17.5. The summed E-state index contributed by atoms with van der Waals surface area (Å²) in [5.74, 6) is -0.467. The summed E-state index contributed by atoms with van der Waals surface area (Å²) in [5, 5.41) is 4.84. The monoisotopic (exact) mass is 385 g/mol. The number of carbonyl (C=O) groups excluding carboxylic acids is 1. The molecule has 0 aliphatic carbocycles. The van der Waals surface area contributed by atoms with Gasteiger partial charge in [-0.3, -0.25) is 4.79 Å². The van der Waals surface area contributed by atoms with Crippen molar-refractivity contribution in [1.29, 1.82) is 0 Å². The van der Waals surface area contributed by atoms with Crippen molar-refractivity contribution in [1.82, 2.24) is 9.84 Å². The lowest BCUT2D eigenvalue weighted by atomic mass is 10.1. The first kappa shape index (κ1) is 17.0. The smallest absolute Gasteiger partial charge is 0.273 e. The number of carbonyl (C=O) groups is 1. The average molecular weight is 386 g/mol. The highest BCUT2D eigenvalue weighted by atomic mass is 35.5. The fourth-order valence-corrected chi connectivity index (χ4v) is 3.29. The van der Waals surface area contributed by atoms with E-state index in [1.807, 2.05) is 0 Å². The van der Waals surface area contributed by atoms with Gasteiger partial charge in [-0.25, -0.2) is 13.4 Å². The van der Waals surface area contributed by atoms with Gasteiger partial charge in [0.05, 0.1) is 21.9 Å². The number of para-hydroxylation sites is 1. The third-order valence-corrected chi connectivity index (χ3v) is 4.72. The van der Waals surface area contributed by atoms with Crippen LogP contribution in [0.25, 0.3) is 0 Å². The van der Waals surface area contributed by atoms with E-state index in [1.54, 1.807) is 42.5 Å². The second-order valence-corrected chi connectivity index (χ2v) is 7.85. The predicted octanol–water partition coefficient (Wildman–Crippen LogP) is 3.02. The Labute approximate surface area is 149 Å². The molecular formula is C15H13Cl2N3O3S. The molecule has 1 atom stereocenters. The van der Waals surface area contributed by atoms with Gasteiger partial charge < -0.3 is 5.32 Å². The minimum atomic E-state index is -3.66. The largest absolute Gasteiger partial charge is 0.360 e. The fourth-order valence-electron chi connectivity index (χ4n) is 2.44. The molecule has 0 fully saturated rings. The number of benzene rings is 2. The summed E-state index contributed by atoms with van der Waals surface area (Å²) in [6, 6.07) is 11.7. The zero-order valence-electron chi connectivity index (χ0n) is 12.5. The topological polar surface area (TPSA) is 78.5 Å². The summed E-state index contributed by atoms with van der Waals surface area (Å²) < 4.78 is 23.3. The van der Waals surface area contributed by atoms with Crippen LogP contribution in [0.1, 0.15) is 22.1 Å². The lowest BCUT2D eigenvalue weighted by Gasteiger charge is -2.37. The Morgan fingerprint density at radius 2 is 1.83 bits per heavy atom. The molecule has 2 aromatic carbocycles. The zero-order valence-corrected chi connectivity index (χ0v) is 14.8. The van der Waals surface area contributed by atoms with Crippen molar-refractivity contribution in [3.05, 3.63) is 63.6 Å². The highest BCUT2D eigenvalue weighted by Gasteiger charge is 2.34. The first-order chi connectivity index (χ1) is 11.3. The quantitative estimate of drug-likeness (QED) is 0.850. The standard InChI is InChI=1S/C15H13Cl2N3O3S/c1-24(22,23)19-20-14(9-6-7-11(16)12(17)8-9)18-13-5-3-2-4-10(13)15(20)21/h2-8,14,18-19H,1H3/t14-/m1/s1. The molecule has 9 heteroatoms. The normalized spacial score (nSPS) is 17.4. The molecule has 1 aliphatic heterocycles. The van der Waals surface area contributed by atoms with Crippen LogP contribution in [0.15, 0.2) is 42.5 Å². The molecule has 1 heterocycles. The SMILES string of the molecule is CS(=O)(=O)NN1C(=O)c2ccccc2N[C@H]1c1ccc(Cl)c(Cl)c1. The molecule has 0 bridgehead atoms. The molecular weight excluding hydrogens is 373 g/mol. The van der Waals surface area contributed by atoms with Gasteiger partial charge >= 0.3 is 0 Å². The highest BCUT2D eigenvalue weighted by molar-refractivity contribution is 7.88. The Morgan fingerprint density at radius 3 is 2.50 bits per heavy atom. The molecule has 2 N–H and O–H groups in total. The fraction of sp³-hybridized carbons (Fsp3) is 0.133. The van der Waals surface area contributed by atoms with Crippen LogP contribution in [0.3, 0.4) is 0 Å². The number of hydrazine groups is 1. The van der Waals surface area contributed by atoms with Crippen molar-refractivity contribution in [2.24, 2.45) is 0 Å². The molecule has 0 spiro atoms. The molecule has 6 nitrogen and oxygen atoms in total. The summed E-state index contributed by atoms with van der Waals surface area (Å²) in [4.78, 5) is 15.0. The van der Waals surface area contributed by atoms with Crippen LogP contribution >= 0.6 is 23.2 Å². The lowest BCUT2D eigenvalue weighted by molar-refractivity contribution is 0.0633. The number of sulfonamides is 1. The van der Waals surface area contributed by atoms with Gasteiger partial charge in [-0.2, -0.15) is 0 Å². The molecule has 126 valence electrons. The van der Waals surface area contributed by atoms with Crippen molar-refractivity contribution >= 4 is 44.8 Å². The van der Waals surface area contributed by atoms with E-state index in [0.29, 0.717) is 26.9 Å². The van der Waals surface area contributed by atoms with Crippen molar-refractivity contribution in [3.8, 4) is 0 Å². The first-order valence-electron chi connectivity index (χ1n) is 6.88. The Bertz CT molecular complexity index is 918. The Morgan fingerprint density at radius 1 is 1.12 bits per heavy atom. The molecule has 0 radical (unpaired) electrons. The van der Waals surface area contributed by atoms with Crippen LogP contribution in [0.4, 0.5) is 5.69 Å². The summed E-state index contributed by atoms with van der Waals surface area (Å²) in [6.45, 7) is 0. The van der Waals surface area contributed by atoms with E-state index >= 15 is 0 Å². The van der Waals surface area contributed by atoms with Crippen molar-refractivity contribution < 1.29 is 13.2 Å². The molecule has 0 saturated heterocycles. The minimum absolute atomic E-state index is 0.307. The Hall–Kier alpha value is -1.80. The minimum Gasteiger partial charge on any atom is -0.360 e. The van der Waals surface area contributed by atoms with E-state index in [0.717, 1.165) is 11.3 Å². The number of fused-ring (bicyclic) bond motifs is 1. The summed E-state index contributed by atoms with van der Waals surface area (Å²) in [7, 11) is -3.66. The first-order valence-corrected chi connectivity index (χ1v) is 9.52. The number of halogens is 2. The summed E-state index contributed by atoms with van der Waals surface area (Å²) in [5.41, 5.74) is 1.55. The third kappa shape index (κ3) is 3.34. The van der Waals surface area contributed by atoms with E-state index in [1.165, 1.54) is 0 Å². The summed E-state index contributed by atoms with van der Waals surface area (Å²) in [6.07, 6.45) is 0.212. The summed E-state index contributed by atoms with van der Waals surface area (Å²) >= 11 is 12.0. The van der Waals surface area contributed by atoms with Gasteiger partial charge in [0.25, 0.3) is 5.91 Å². The second-order valence-electron chi connectivity index (χ2n) is 5.30. The number of rotatable bonds is 3. The van der Waals surface area contributed by atoms with Gasteiger partial charge in [0.2, 0.25) is 10.0 Å². The maximum atomic E-state index is 12.7. The van der Waals surface area contributed by atoms with E-state index in [-0.39, 0.29) is 0 Å². The van der Waals surface area contributed by atoms with E-state index in [9.17, 15) is 13.2 Å². The van der Waals surface area contributed by atoms with Crippen molar-refractivity contribution in [2.45, 2.75) is 6.17 Å². The molecule has 24 heavy (non-hydrogen) atoms. The van der Waals surface area contributed by atoms with Gasteiger partial charge in [0, 0.05) is 5.69 Å². The van der Waals surface area contributed by atoms with Crippen LogP contribution in [-0.4, -0.2) is 25.6 Å². The maximum absolute atomic E-state index is 12.7. The maximum Gasteiger partial charge on any atom is 0.273 e. The molecule has 0 unspecified atom stereocenters. The molecule has 1 amide bonds. The number of hydrogen-bond acceptors (Lipinski definition) is 4. The molecule has 0 aromatic heterocycles. The number of nitrogens with one attached hydrogen (secondary N) is 2. The number of nitrogens with zero attached hydrogens (tertiary/aromatic N) is 1. The Balaban J connectivity index is 2.10. The Kier molecular flexibility index (Phi) is 4.44. The van der Waals surface area contributed by atoms with Crippen LogP contribution in [0, 0.1) is 0 Å². The predicted molar refractivity (Wildman–Crippen MR) is 93.4 cm³/mol. The third-order valence-electron chi connectivity index (χ3n) is 3.45. The lowest BCUT2D eigenvalue weighted by Crippen LogP contribution is -2.52. The highest BCUT2D eigenvalue weighted by Crippen LogP contribution is 2.34. The van der Waals surface area contributed by atoms with Crippen LogP contribution < -0.4 is 10.1 Å². The number of amides is 1. The van der Waals surface area contributed by atoms with Gasteiger partial charge in [-0.15, -0.1) is 4.83 Å². The van der Waals surface area contributed by atoms with Gasteiger partial charge in [0.1, 0.15) is 6.17 Å². The van der Waals surface area contributed by atoms with Crippen molar-refractivity contribution in [3.63, 3.8) is 0 Å². The van der Waals surface area contributed by atoms with Gasteiger partial charge in [-0.05, 0) is 29.8 Å². The second kappa shape index (κ2) is 6.25. The van der Waals surface area contributed by atoms with Gasteiger partial charge in [-0.1, -0.05) is 41.4 Å². The van der Waals surface area contributed by atoms with Crippen LogP contribution in [-0.2, 0) is 10.0 Å². The van der Waals surface area contributed by atoms with Crippen LogP contribution in [0.2, 0.25) is 10.0 Å². The van der Waals surface area contributed by atoms with Crippen molar-refractivity contribution in [2.75, 3.05) is 11.6 Å². The molecule has 2 aromatic rings. The molecule has 0 saturated carbocycles. The van der Waals surface area contributed by atoms with E-state index in [4.69, 9.17) is 23.2 Å².